The zero-order valence-electron chi connectivity index (χ0n) is 11.8. The molecule has 4 heteroatoms. The Morgan fingerprint density at radius 1 is 1.15 bits per heavy atom. The molecule has 0 unspecified atom stereocenters. The van der Waals surface area contributed by atoms with Crippen molar-refractivity contribution in [3.63, 3.8) is 0 Å². The van der Waals surface area contributed by atoms with Gasteiger partial charge in [0.25, 0.3) is 0 Å². The van der Waals surface area contributed by atoms with Crippen molar-refractivity contribution >= 4 is 16.9 Å². The number of hydrogen-bond donors (Lipinski definition) is 1. The van der Waals surface area contributed by atoms with E-state index in [2.05, 4.69) is 45.0 Å². The van der Waals surface area contributed by atoms with E-state index in [0.29, 0.717) is 0 Å². The van der Waals surface area contributed by atoms with Crippen LogP contribution in [0.3, 0.4) is 0 Å². The molecule has 0 aliphatic heterocycles. The highest BCUT2D eigenvalue weighted by Crippen LogP contribution is 2.20. The minimum Gasteiger partial charge on any atom is -0.370 e. The van der Waals surface area contributed by atoms with Gasteiger partial charge in [0.05, 0.1) is 17.6 Å². The third-order valence-corrected chi connectivity index (χ3v) is 3.41. The molecule has 20 heavy (non-hydrogen) atoms. The smallest absolute Gasteiger partial charge is 0.130 e. The number of rotatable bonds is 4. The van der Waals surface area contributed by atoms with Crippen LogP contribution in [-0.4, -0.2) is 21.1 Å². The highest BCUT2D eigenvalue weighted by molar-refractivity contribution is 5.76. The second kappa shape index (κ2) is 5.33. The van der Waals surface area contributed by atoms with Crippen LogP contribution in [0.4, 0.5) is 5.82 Å². The minimum absolute atomic E-state index is 0.780. The second-order valence-corrected chi connectivity index (χ2v) is 4.78. The van der Waals surface area contributed by atoms with E-state index in [1.807, 2.05) is 31.3 Å². The molecular formula is C16H18N4. The molecule has 0 bridgehead atoms. The summed E-state index contributed by atoms with van der Waals surface area (Å²) in [6.45, 7) is 5.77. The van der Waals surface area contributed by atoms with E-state index in [-0.39, 0.29) is 0 Å². The van der Waals surface area contributed by atoms with Gasteiger partial charge in [-0.1, -0.05) is 18.2 Å². The molecule has 0 amide bonds. The minimum atomic E-state index is 0.780. The van der Waals surface area contributed by atoms with E-state index < -0.39 is 0 Å². The molecule has 0 atom stereocenters. The van der Waals surface area contributed by atoms with E-state index in [4.69, 9.17) is 0 Å². The fraction of sp³-hybridized carbons (Fsp3) is 0.250. The van der Waals surface area contributed by atoms with Crippen LogP contribution in [0.15, 0.2) is 42.6 Å². The summed E-state index contributed by atoms with van der Waals surface area (Å²) in [5.41, 5.74) is 3.38. The van der Waals surface area contributed by atoms with Crippen molar-refractivity contribution in [1.29, 1.82) is 0 Å². The first-order valence-electron chi connectivity index (χ1n) is 6.89. The van der Waals surface area contributed by atoms with Crippen LogP contribution in [0.25, 0.3) is 11.0 Å². The summed E-state index contributed by atoms with van der Waals surface area (Å²) < 4.78 is 2.23. The van der Waals surface area contributed by atoms with E-state index in [0.717, 1.165) is 35.8 Å². The Morgan fingerprint density at radius 2 is 2.00 bits per heavy atom. The number of imidazole rings is 1. The number of hydrogen-bond acceptors (Lipinski definition) is 3. The summed E-state index contributed by atoms with van der Waals surface area (Å²) in [5, 5.41) is 3.31. The van der Waals surface area contributed by atoms with Gasteiger partial charge in [-0.15, -0.1) is 0 Å². The molecule has 0 saturated heterocycles. The number of aromatic nitrogens is 3. The Labute approximate surface area is 118 Å². The number of fused-ring (bicyclic) bond motifs is 1. The fourth-order valence-corrected chi connectivity index (χ4v) is 2.46. The lowest BCUT2D eigenvalue weighted by Gasteiger charge is -2.11. The highest BCUT2D eigenvalue weighted by atomic mass is 15.1. The average Bonchev–Trinajstić information content (AvgIpc) is 2.78. The maximum absolute atomic E-state index is 4.61. The van der Waals surface area contributed by atoms with E-state index >= 15 is 0 Å². The van der Waals surface area contributed by atoms with Crippen molar-refractivity contribution in [2.24, 2.45) is 0 Å². The van der Waals surface area contributed by atoms with Gasteiger partial charge in [0.1, 0.15) is 11.6 Å². The van der Waals surface area contributed by atoms with E-state index in [1.54, 1.807) is 0 Å². The molecule has 0 aliphatic rings. The predicted molar refractivity (Wildman–Crippen MR) is 82.0 cm³/mol. The van der Waals surface area contributed by atoms with Gasteiger partial charge < -0.3 is 9.88 Å². The molecular weight excluding hydrogens is 248 g/mol. The maximum atomic E-state index is 4.61. The normalized spacial score (nSPS) is 10.9. The van der Waals surface area contributed by atoms with E-state index in [9.17, 15) is 0 Å². The summed E-state index contributed by atoms with van der Waals surface area (Å²) in [6, 6.07) is 12.3. The largest absolute Gasteiger partial charge is 0.370 e. The molecule has 4 nitrogen and oxygen atoms in total. The lowest BCUT2D eigenvalue weighted by molar-refractivity contribution is 0.783. The van der Waals surface area contributed by atoms with Gasteiger partial charge in [0, 0.05) is 18.3 Å². The number of pyridine rings is 1. The first-order valence-corrected chi connectivity index (χ1v) is 6.89. The average molecular weight is 266 g/mol. The van der Waals surface area contributed by atoms with Crippen molar-refractivity contribution in [3.8, 4) is 0 Å². The van der Waals surface area contributed by atoms with Crippen LogP contribution in [0.5, 0.6) is 0 Å². The zero-order chi connectivity index (χ0) is 13.9. The quantitative estimate of drug-likeness (QED) is 0.788. The molecule has 3 rings (SSSR count). The van der Waals surface area contributed by atoms with Crippen LogP contribution >= 0.6 is 0 Å². The van der Waals surface area contributed by atoms with Gasteiger partial charge in [-0.25, -0.2) is 9.97 Å². The standard InChI is InChI=1S/C16H18N4/c1-3-17-16-13(7-6-10-18-16)11-20-12(2)19-14-8-4-5-9-15(14)20/h4-10H,3,11H2,1-2H3,(H,17,18). The number of anilines is 1. The first kappa shape index (κ1) is 12.7. The van der Waals surface area contributed by atoms with E-state index in [1.165, 1.54) is 5.56 Å². The molecule has 1 aromatic carbocycles. The van der Waals surface area contributed by atoms with Crippen molar-refractivity contribution in [2.45, 2.75) is 20.4 Å². The maximum Gasteiger partial charge on any atom is 0.130 e. The number of nitrogens with zero attached hydrogens (tertiary/aromatic N) is 3. The SMILES string of the molecule is CCNc1ncccc1Cn1c(C)nc2ccccc21. The van der Waals surface area contributed by atoms with Crippen molar-refractivity contribution in [3.05, 3.63) is 54.0 Å². The molecule has 0 saturated carbocycles. The van der Waals surface area contributed by atoms with Gasteiger partial charge >= 0.3 is 0 Å². The fourth-order valence-electron chi connectivity index (χ4n) is 2.46. The van der Waals surface area contributed by atoms with Crippen molar-refractivity contribution in [1.82, 2.24) is 14.5 Å². The number of nitrogens with one attached hydrogen (secondary N) is 1. The van der Waals surface area contributed by atoms with Crippen molar-refractivity contribution in [2.75, 3.05) is 11.9 Å². The third-order valence-electron chi connectivity index (χ3n) is 3.41. The monoisotopic (exact) mass is 266 g/mol. The lowest BCUT2D eigenvalue weighted by atomic mass is 10.2. The third kappa shape index (κ3) is 2.25. The summed E-state index contributed by atoms with van der Waals surface area (Å²) >= 11 is 0. The summed E-state index contributed by atoms with van der Waals surface area (Å²) in [5.74, 6) is 1.98. The number of benzene rings is 1. The van der Waals surface area contributed by atoms with Gasteiger partial charge in [0.15, 0.2) is 0 Å². The molecule has 2 aromatic heterocycles. The van der Waals surface area contributed by atoms with Crippen LogP contribution in [0.2, 0.25) is 0 Å². The topological polar surface area (TPSA) is 42.7 Å². The summed E-state index contributed by atoms with van der Waals surface area (Å²) in [6.07, 6.45) is 1.82. The molecule has 2 heterocycles. The Kier molecular flexibility index (Phi) is 3.37. The number of aryl methyl sites for hydroxylation is 1. The zero-order valence-corrected chi connectivity index (χ0v) is 11.8. The van der Waals surface area contributed by atoms with Gasteiger partial charge in [-0.2, -0.15) is 0 Å². The molecule has 0 spiro atoms. The molecule has 102 valence electrons. The van der Waals surface area contributed by atoms with Gasteiger partial charge in [0.2, 0.25) is 0 Å². The Balaban J connectivity index is 2.03. The second-order valence-electron chi connectivity index (χ2n) is 4.78. The summed E-state index contributed by atoms with van der Waals surface area (Å²) in [7, 11) is 0. The lowest BCUT2D eigenvalue weighted by Crippen LogP contribution is -2.08. The molecule has 0 radical (unpaired) electrons. The Morgan fingerprint density at radius 3 is 2.85 bits per heavy atom. The molecule has 1 N–H and O–H groups in total. The molecule has 0 fully saturated rings. The first-order chi connectivity index (χ1) is 9.79. The Bertz CT molecular complexity index is 730. The summed E-state index contributed by atoms with van der Waals surface area (Å²) in [4.78, 5) is 9.02. The van der Waals surface area contributed by atoms with Crippen LogP contribution in [-0.2, 0) is 6.54 Å². The molecule has 0 aliphatic carbocycles. The predicted octanol–water partition coefficient (Wildman–Crippen LogP) is 3.22. The molecule has 3 aromatic rings. The van der Waals surface area contributed by atoms with Gasteiger partial charge in [-0.3, -0.25) is 0 Å². The Hall–Kier alpha value is -2.36. The van der Waals surface area contributed by atoms with Crippen molar-refractivity contribution < 1.29 is 0 Å². The highest BCUT2D eigenvalue weighted by Gasteiger charge is 2.09. The van der Waals surface area contributed by atoms with Crippen LogP contribution < -0.4 is 5.32 Å². The van der Waals surface area contributed by atoms with Crippen LogP contribution in [0.1, 0.15) is 18.3 Å². The van der Waals surface area contributed by atoms with Gasteiger partial charge in [-0.05, 0) is 32.0 Å². The number of para-hydroxylation sites is 2. The van der Waals surface area contributed by atoms with Crippen LogP contribution in [0, 0.1) is 6.92 Å².